The molecule has 0 atom stereocenters. The lowest BCUT2D eigenvalue weighted by Gasteiger charge is -2.50. The summed E-state index contributed by atoms with van der Waals surface area (Å²) in [4.78, 5) is 18.9. The summed E-state index contributed by atoms with van der Waals surface area (Å²) >= 11 is 1.83. The quantitative estimate of drug-likeness (QED) is 0.198. The molecule has 188 valence electrons. The van der Waals surface area contributed by atoms with E-state index in [1.54, 1.807) is 0 Å². The zero-order valence-electron chi connectivity index (χ0n) is 22.2. The molecule has 5 aromatic rings. The SMILES string of the molecule is CC(C)(C)c1ccc2c(c1)C1(c3ccccc3C(=O)c3ccccc31)c1cccc3c1N2c1ccccc1S3. The van der Waals surface area contributed by atoms with Gasteiger partial charge in [0.15, 0.2) is 5.78 Å². The van der Waals surface area contributed by atoms with Crippen LogP contribution in [0.25, 0.3) is 0 Å². The Kier molecular flexibility index (Phi) is 4.54. The minimum atomic E-state index is -0.619. The molecule has 0 amide bonds. The van der Waals surface area contributed by atoms with Gasteiger partial charge in [0.2, 0.25) is 0 Å². The second-order valence-electron chi connectivity index (χ2n) is 11.7. The Bertz CT molecular complexity index is 1810. The van der Waals surface area contributed by atoms with Crippen molar-refractivity contribution in [3.63, 3.8) is 0 Å². The van der Waals surface area contributed by atoms with Crippen molar-refractivity contribution in [3.05, 3.63) is 148 Å². The Hall–Kier alpha value is -4.08. The van der Waals surface area contributed by atoms with Crippen LogP contribution >= 0.6 is 11.8 Å². The van der Waals surface area contributed by atoms with E-state index < -0.39 is 5.41 Å². The fraction of sp³-hybridized carbons (Fsp3) is 0.139. The fourth-order valence-corrected chi connectivity index (χ4v) is 7.98. The molecule has 0 unspecified atom stereocenters. The first-order chi connectivity index (χ1) is 18.9. The molecule has 2 heterocycles. The number of nitrogens with zero attached hydrogens (tertiary/aromatic N) is 1. The van der Waals surface area contributed by atoms with Crippen LogP contribution in [0.1, 0.15) is 64.5 Å². The van der Waals surface area contributed by atoms with Gasteiger partial charge in [-0.05, 0) is 57.5 Å². The van der Waals surface area contributed by atoms with Crippen LogP contribution in [0, 0.1) is 0 Å². The number of anilines is 3. The van der Waals surface area contributed by atoms with Crippen LogP contribution in [0.5, 0.6) is 0 Å². The Labute approximate surface area is 233 Å². The van der Waals surface area contributed by atoms with E-state index in [2.05, 4.69) is 111 Å². The minimum absolute atomic E-state index is 0.0302. The van der Waals surface area contributed by atoms with E-state index in [1.165, 1.54) is 43.5 Å². The summed E-state index contributed by atoms with van der Waals surface area (Å²) < 4.78 is 0. The van der Waals surface area contributed by atoms with Crippen LogP contribution in [-0.2, 0) is 10.8 Å². The molecule has 0 radical (unpaired) electrons. The zero-order chi connectivity index (χ0) is 26.5. The Morgan fingerprint density at radius 1 is 0.615 bits per heavy atom. The van der Waals surface area contributed by atoms with Crippen molar-refractivity contribution in [3.8, 4) is 0 Å². The van der Waals surface area contributed by atoms with Crippen molar-refractivity contribution in [2.24, 2.45) is 0 Å². The van der Waals surface area contributed by atoms with Gasteiger partial charge in [-0.25, -0.2) is 0 Å². The molecule has 8 rings (SSSR count). The third-order valence-electron chi connectivity index (χ3n) is 8.61. The Morgan fingerprint density at radius 3 is 1.95 bits per heavy atom. The smallest absolute Gasteiger partial charge is 0.193 e. The topological polar surface area (TPSA) is 20.3 Å². The molecule has 3 aliphatic rings. The van der Waals surface area contributed by atoms with Gasteiger partial charge in [-0.2, -0.15) is 0 Å². The van der Waals surface area contributed by atoms with Crippen molar-refractivity contribution in [2.45, 2.75) is 41.4 Å². The third kappa shape index (κ3) is 2.86. The van der Waals surface area contributed by atoms with E-state index in [0.29, 0.717) is 0 Å². The molecule has 1 spiro atoms. The third-order valence-corrected chi connectivity index (χ3v) is 9.73. The van der Waals surface area contributed by atoms with Gasteiger partial charge >= 0.3 is 0 Å². The summed E-state index contributed by atoms with van der Waals surface area (Å²) in [5.41, 5.74) is 10.4. The standard InChI is InChI=1S/C36H27NOS/c1-35(2,3)22-19-20-29-28(21-22)36(25-13-6-4-11-23(25)34(38)24-12-5-7-14-26(24)36)27-15-10-18-32-33(27)37(29)30-16-8-9-17-31(30)39-32/h4-21H,1-3H3. The van der Waals surface area contributed by atoms with E-state index in [0.717, 1.165) is 22.3 Å². The first-order valence-corrected chi connectivity index (χ1v) is 14.3. The normalized spacial score (nSPS) is 15.7. The van der Waals surface area contributed by atoms with Crippen molar-refractivity contribution in [1.82, 2.24) is 0 Å². The second-order valence-corrected chi connectivity index (χ2v) is 12.8. The predicted octanol–water partition coefficient (Wildman–Crippen LogP) is 9.16. The van der Waals surface area contributed by atoms with E-state index in [1.807, 2.05) is 36.0 Å². The van der Waals surface area contributed by atoms with Crippen LogP contribution in [0.15, 0.2) is 119 Å². The first kappa shape index (κ1) is 22.9. The van der Waals surface area contributed by atoms with E-state index in [9.17, 15) is 4.79 Å². The van der Waals surface area contributed by atoms with Crippen molar-refractivity contribution < 1.29 is 4.79 Å². The molecule has 0 saturated heterocycles. The molecule has 0 bridgehead atoms. The summed E-state index contributed by atoms with van der Waals surface area (Å²) in [7, 11) is 0. The number of rotatable bonds is 0. The highest BCUT2D eigenvalue weighted by Gasteiger charge is 2.53. The Morgan fingerprint density at radius 2 is 1.23 bits per heavy atom. The summed E-state index contributed by atoms with van der Waals surface area (Å²) in [6.45, 7) is 6.82. The fourth-order valence-electron chi connectivity index (χ4n) is 6.89. The highest BCUT2D eigenvalue weighted by atomic mass is 32.2. The number of carbonyl (C=O) groups excluding carboxylic acids is 1. The van der Waals surface area contributed by atoms with E-state index >= 15 is 0 Å². The average Bonchev–Trinajstić information content (AvgIpc) is 2.96. The first-order valence-electron chi connectivity index (χ1n) is 13.5. The van der Waals surface area contributed by atoms with E-state index in [-0.39, 0.29) is 11.2 Å². The molecule has 0 N–H and O–H groups in total. The average molecular weight is 522 g/mol. The lowest BCUT2D eigenvalue weighted by molar-refractivity contribution is 0.103. The molecular formula is C36H27NOS. The van der Waals surface area contributed by atoms with Gasteiger partial charge < -0.3 is 4.90 Å². The lowest BCUT2D eigenvalue weighted by atomic mass is 9.57. The number of hydrogen-bond acceptors (Lipinski definition) is 3. The van der Waals surface area contributed by atoms with Crippen LogP contribution in [0.2, 0.25) is 0 Å². The molecule has 0 saturated carbocycles. The molecule has 3 heteroatoms. The van der Waals surface area contributed by atoms with Gasteiger partial charge in [0.25, 0.3) is 0 Å². The van der Waals surface area contributed by atoms with Crippen molar-refractivity contribution >= 4 is 34.6 Å². The second kappa shape index (κ2) is 7.74. The molecular weight excluding hydrogens is 494 g/mol. The van der Waals surface area contributed by atoms with Gasteiger partial charge in [0, 0.05) is 20.9 Å². The molecule has 2 aliphatic heterocycles. The highest BCUT2D eigenvalue weighted by molar-refractivity contribution is 7.99. The molecule has 0 aromatic heterocycles. The number of fused-ring (bicyclic) bond motifs is 10. The van der Waals surface area contributed by atoms with Crippen molar-refractivity contribution in [2.75, 3.05) is 4.90 Å². The molecule has 39 heavy (non-hydrogen) atoms. The summed E-state index contributed by atoms with van der Waals surface area (Å²) in [5, 5.41) is 0. The molecule has 2 nitrogen and oxygen atoms in total. The van der Waals surface area contributed by atoms with Crippen molar-refractivity contribution in [1.29, 1.82) is 0 Å². The van der Waals surface area contributed by atoms with Gasteiger partial charge in [0.05, 0.1) is 22.5 Å². The van der Waals surface area contributed by atoms with Gasteiger partial charge in [-0.3, -0.25) is 4.79 Å². The zero-order valence-corrected chi connectivity index (χ0v) is 23.0. The number of carbonyl (C=O) groups is 1. The van der Waals surface area contributed by atoms with Gasteiger partial charge in [0.1, 0.15) is 0 Å². The van der Waals surface area contributed by atoms with Crippen LogP contribution in [-0.4, -0.2) is 5.78 Å². The Balaban J connectivity index is 1.61. The maximum atomic E-state index is 13.9. The maximum absolute atomic E-state index is 13.9. The molecule has 1 aliphatic carbocycles. The van der Waals surface area contributed by atoms with Crippen LogP contribution in [0.3, 0.4) is 0 Å². The molecule has 0 fully saturated rings. The van der Waals surface area contributed by atoms with Crippen LogP contribution in [0.4, 0.5) is 17.1 Å². The largest absolute Gasteiger partial charge is 0.308 e. The van der Waals surface area contributed by atoms with Gasteiger partial charge in [-0.15, -0.1) is 0 Å². The summed E-state index contributed by atoms with van der Waals surface area (Å²) in [6, 6.07) is 38.9. The highest BCUT2D eigenvalue weighted by Crippen LogP contribution is 2.64. The van der Waals surface area contributed by atoms with Gasteiger partial charge in [-0.1, -0.05) is 117 Å². The summed E-state index contributed by atoms with van der Waals surface area (Å²) in [6.07, 6.45) is 0. The molecule has 5 aromatic carbocycles. The monoisotopic (exact) mass is 521 g/mol. The van der Waals surface area contributed by atoms with E-state index in [4.69, 9.17) is 0 Å². The number of para-hydroxylation sites is 2. The maximum Gasteiger partial charge on any atom is 0.193 e. The number of benzene rings is 5. The lowest BCUT2D eigenvalue weighted by Crippen LogP contribution is -2.43. The van der Waals surface area contributed by atoms with Crippen LogP contribution < -0.4 is 4.90 Å². The predicted molar refractivity (Wildman–Crippen MR) is 159 cm³/mol. The minimum Gasteiger partial charge on any atom is -0.308 e. The number of hydrogen-bond donors (Lipinski definition) is 0. The number of ketones is 1. The summed E-state index contributed by atoms with van der Waals surface area (Å²) in [5.74, 6) is 0.104.